The van der Waals surface area contributed by atoms with Crippen LogP contribution < -0.4 is 0 Å². The second-order valence-corrected chi connectivity index (χ2v) is 3.59. The lowest BCUT2D eigenvalue weighted by atomic mass is 9.93. The van der Waals surface area contributed by atoms with E-state index in [1.54, 1.807) is 6.08 Å². The van der Waals surface area contributed by atoms with E-state index in [2.05, 4.69) is 0 Å². The third-order valence-corrected chi connectivity index (χ3v) is 2.47. The second-order valence-electron chi connectivity index (χ2n) is 3.59. The molecule has 0 bridgehead atoms. The molecule has 1 aliphatic rings. The fourth-order valence-electron chi connectivity index (χ4n) is 1.32. The molecular weight excluding hydrogens is 177 g/mol. The Kier molecular flexibility index (Phi) is 2.84. The van der Waals surface area contributed by atoms with E-state index in [1.165, 1.54) is 12.2 Å². The van der Waals surface area contributed by atoms with Gasteiger partial charge in [-0.1, -0.05) is 32.1 Å². The first-order chi connectivity index (χ1) is 5.91. The monoisotopic (exact) mass is 190 g/mol. The molecule has 74 valence electrons. The van der Waals surface area contributed by atoms with Gasteiger partial charge in [0.2, 0.25) is 0 Å². The lowest BCUT2D eigenvalue weighted by Crippen LogP contribution is -2.11. The topological polar surface area (TPSA) is 0 Å². The first-order valence-electron chi connectivity index (χ1n) is 4.37. The van der Waals surface area contributed by atoms with Crippen LogP contribution in [0.4, 0.5) is 13.2 Å². The SMILES string of the molecule is CC1C=C(C(F)(F)F)C=CCC1C. The molecule has 0 amide bonds. The van der Waals surface area contributed by atoms with E-state index in [-0.39, 0.29) is 11.8 Å². The molecule has 0 saturated heterocycles. The molecule has 0 aliphatic heterocycles. The molecular formula is C10H13F3. The number of hydrogen-bond acceptors (Lipinski definition) is 0. The van der Waals surface area contributed by atoms with Crippen LogP contribution in [0.2, 0.25) is 0 Å². The summed E-state index contributed by atoms with van der Waals surface area (Å²) in [5, 5.41) is 0. The van der Waals surface area contributed by atoms with Crippen molar-refractivity contribution >= 4 is 0 Å². The molecule has 0 saturated carbocycles. The molecule has 0 radical (unpaired) electrons. The molecule has 3 heteroatoms. The third-order valence-electron chi connectivity index (χ3n) is 2.47. The van der Waals surface area contributed by atoms with Gasteiger partial charge < -0.3 is 0 Å². The molecule has 1 rings (SSSR count). The van der Waals surface area contributed by atoms with E-state index in [0.717, 1.165) is 6.42 Å². The summed E-state index contributed by atoms with van der Waals surface area (Å²) in [6.45, 7) is 3.79. The molecule has 0 heterocycles. The van der Waals surface area contributed by atoms with Crippen molar-refractivity contribution in [1.29, 1.82) is 0 Å². The molecule has 0 fully saturated rings. The summed E-state index contributed by atoms with van der Waals surface area (Å²) in [5.74, 6) is 0.280. The minimum atomic E-state index is -4.20. The van der Waals surface area contributed by atoms with Crippen LogP contribution in [0.15, 0.2) is 23.8 Å². The van der Waals surface area contributed by atoms with E-state index in [1.807, 2.05) is 13.8 Å². The lowest BCUT2D eigenvalue weighted by molar-refractivity contribution is -0.0886. The average Bonchev–Trinajstić information content (AvgIpc) is 2.13. The van der Waals surface area contributed by atoms with Crippen molar-refractivity contribution in [2.75, 3.05) is 0 Å². The largest absolute Gasteiger partial charge is 0.416 e. The normalized spacial score (nSPS) is 29.8. The van der Waals surface area contributed by atoms with Gasteiger partial charge in [0.1, 0.15) is 0 Å². The van der Waals surface area contributed by atoms with E-state index in [0.29, 0.717) is 0 Å². The minimum Gasteiger partial charge on any atom is -0.166 e. The van der Waals surface area contributed by atoms with Crippen LogP contribution in [0.1, 0.15) is 20.3 Å². The number of allylic oxidation sites excluding steroid dienone is 4. The predicted molar refractivity (Wildman–Crippen MR) is 46.2 cm³/mol. The van der Waals surface area contributed by atoms with E-state index in [9.17, 15) is 13.2 Å². The van der Waals surface area contributed by atoms with Gasteiger partial charge >= 0.3 is 6.18 Å². The van der Waals surface area contributed by atoms with Crippen LogP contribution in [-0.2, 0) is 0 Å². The van der Waals surface area contributed by atoms with Crippen molar-refractivity contribution in [3.8, 4) is 0 Å². The summed E-state index contributed by atoms with van der Waals surface area (Å²) in [4.78, 5) is 0. The molecule has 1 aliphatic carbocycles. The Morgan fingerprint density at radius 2 is 1.92 bits per heavy atom. The molecule has 0 aromatic heterocycles. The molecule has 13 heavy (non-hydrogen) atoms. The van der Waals surface area contributed by atoms with Crippen molar-refractivity contribution in [3.63, 3.8) is 0 Å². The van der Waals surface area contributed by atoms with Gasteiger partial charge in [-0.25, -0.2) is 0 Å². The highest BCUT2D eigenvalue weighted by molar-refractivity contribution is 5.26. The quantitative estimate of drug-likeness (QED) is 0.546. The zero-order valence-electron chi connectivity index (χ0n) is 7.73. The highest BCUT2D eigenvalue weighted by atomic mass is 19.4. The fourth-order valence-corrected chi connectivity index (χ4v) is 1.32. The van der Waals surface area contributed by atoms with Crippen molar-refractivity contribution < 1.29 is 13.2 Å². The molecule has 2 atom stereocenters. The zero-order chi connectivity index (χ0) is 10.1. The second kappa shape index (κ2) is 3.56. The average molecular weight is 190 g/mol. The molecule has 0 aromatic rings. The summed E-state index contributed by atoms with van der Waals surface area (Å²) in [7, 11) is 0. The maximum Gasteiger partial charge on any atom is 0.416 e. The van der Waals surface area contributed by atoms with Crippen LogP contribution in [0.5, 0.6) is 0 Å². The Morgan fingerprint density at radius 3 is 2.46 bits per heavy atom. The standard InChI is InChI=1S/C10H13F3/c1-7-4-3-5-9(6-8(7)2)10(11,12)13/h3,5-8H,4H2,1-2H3. The molecule has 0 nitrogen and oxygen atoms in total. The van der Waals surface area contributed by atoms with Gasteiger partial charge in [-0.15, -0.1) is 0 Å². The van der Waals surface area contributed by atoms with E-state index < -0.39 is 11.7 Å². The van der Waals surface area contributed by atoms with Crippen LogP contribution in [0.25, 0.3) is 0 Å². The maximum atomic E-state index is 12.3. The third kappa shape index (κ3) is 2.61. The van der Waals surface area contributed by atoms with E-state index in [4.69, 9.17) is 0 Å². The molecule has 0 N–H and O–H groups in total. The van der Waals surface area contributed by atoms with E-state index >= 15 is 0 Å². The van der Waals surface area contributed by atoms with Gasteiger partial charge in [-0.3, -0.25) is 0 Å². The highest BCUT2D eigenvalue weighted by Crippen LogP contribution is 2.32. The number of rotatable bonds is 0. The van der Waals surface area contributed by atoms with Gasteiger partial charge in [-0.2, -0.15) is 13.2 Å². The predicted octanol–water partition coefficient (Wildman–Crippen LogP) is 3.71. The van der Waals surface area contributed by atoms with Gasteiger partial charge in [0.05, 0.1) is 5.57 Å². The van der Waals surface area contributed by atoms with Crippen LogP contribution in [0, 0.1) is 11.8 Å². The zero-order valence-corrected chi connectivity index (χ0v) is 7.73. The summed E-state index contributed by atoms with van der Waals surface area (Å²) < 4.78 is 36.9. The van der Waals surface area contributed by atoms with Crippen LogP contribution in [0.3, 0.4) is 0 Å². The molecule has 0 aromatic carbocycles. The Balaban J connectivity index is 2.90. The summed E-state index contributed by atoms with van der Waals surface area (Å²) in [5.41, 5.74) is -0.510. The summed E-state index contributed by atoms with van der Waals surface area (Å²) in [6, 6.07) is 0. The van der Waals surface area contributed by atoms with Crippen molar-refractivity contribution in [2.24, 2.45) is 11.8 Å². The van der Waals surface area contributed by atoms with Gasteiger partial charge in [-0.05, 0) is 18.3 Å². The summed E-state index contributed by atoms with van der Waals surface area (Å²) >= 11 is 0. The highest BCUT2D eigenvalue weighted by Gasteiger charge is 2.33. The number of hydrogen-bond donors (Lipinski definition) is 0. The fraction of sp³-hybridized carbons (Fsp3) is 0.600. The smallest absolute Gasteiger partial charge is 0.166 e. The van der Waals surface area contributed by atoms with Crippen LogP contribution in [-0.4, -0.2) is 6.18 Å². The molecule has 2 unspecified atom stereocenters. The van der Waals surface area contributed by atoms with Gasteiger partial charge in [0.15, 0.2) is 0 Å². The first kappa shape index (κ1) is 10.4. The Morgan fingerprint density at radius 1 is 1.31 bits per heavy atom. The molecule has 0 spiro atoms. The number of alkyl halides is 3. The minimum absolute atomic E-state index is 0.00775. The Hall–Kier alpha value is -0.730. The number of halogens is 3. The maximum absolute atomic E-state index is 12.3. The first-order valence-corrected chi connectivity index (χ1v) is 4.37. The lowest BCUT2D eigenvalue weighted by Gasteiger charge is -2.13. The summed E-state index contributed by atoms with van der Waals surface area (Å²) in [6.07, 6.45) is 0.619. The van der Waals surface area contributed by atoms with Crippen LogP contribution >= 0.6 is 0 Å². The van der Waals surface area contributed by atoms with Crippen molar-refractivity contribution in [3.05, 3.63) is 23.8 Å². The van der Waals surface area contributed by atoms with Gasteiger partial charge in [0.25, 0.3) is 0 Å². The van der Waals surface area contributed by atoms with Gasteiger partial charge in [0, 0.05) is 0 Å². The Bertz CT molecular complexity index is 235. The van der Waals surface area contributed by atoms with Crippen molar-refractivity contribution in [1.82, 2.24) is 0 Å². The van der Waals surface area contributed by atoms with Crippen molar-refractivity contribution in [2.45, 2.75) is 26.4 Å². The Labute approximate surface area is 76.1 Å².